The van der Waals surface area contributed by atoms with Gasteiger partial charge in [-0.1, -0.05) is 80.3 Å². The molecule has 0 aromatic heterocycles. The Bertz CT molecular complexity index is 1240. The quantitative estimate of drug-likeness (QED) is 0.0965. The Hall–Kier alpha value is -3.90. The Labute approximate surface area is 268 Å². The molecule has 0 saturated carbocycles. The number of benzene rings is 2. The van der Waals surface area contributed by atoms with E-state index in [1.165, 1.54) is 23.7 Å². The summed E-state index contributed by atoms with van der Waals surface area (Å²) in [5, 5.41) is 31.8. The summed E-state index contributed by atoms with van der Waals surface area (Å²) in [4.78, 5) is 59.1. The summed E-state index contributed by atoms with van der Waals surface area (Å²) < 4.78 is 0. The molecule has 0 radical (unpaired) electrons. The molecule has 0 saturated heterocycles. The van der Waals surface area contributed by atoms with Gasteiger partial charge in [0.25, 0.3) is 0 Å². The molecular formula is C33H45N3O8S. The van der Waals surface area contributed by atoms with Crippen molar-refractivity contribution in [2.45, 2.75) is 88.0 Å². The van der Waals surface area contributed by atoms with Gasteiger partial charge in [-0.2, -0.15) is 11.8 Å². The van der Waals surface area contributed by atoms with E-state index in [0.717, 1.165) is 56.1 Å². The van der Waals surface area contributed by atoms with Crippen LogP contribution in [0.3, 0.4) is 0 Å². The van der Waals surface area contributed by atoms with E-state index in [0.29, 0.717) is 0 Å². The molecule has 2 amide bonds. The van der Waals surface area contributed by atoms with Crippen molar-refractivity contribution < 1.29 is 39.3 Å². The number of carbonyl (C=O) groups excluding carboxylic acids is 2. The number of rotatable bonds is 23. The fourth-order valence-electron chi connectivity index (χ4n) is 4.85. The first kappa shape index (κ1) is 37.3. The van der Waals surface area contributed by atoms with Gasteiger partial charge in [-0.25, -0.2) is 0 Å². The van der Waals surface area contributed by atoms with Crippen LogP contribution in [-0.2, 0) is 36.8 Å². The van der Waals surface area contributed by atoms with Crippen molar-refractivity contribution in [1.82, 2.24) is 10.6 Å². The Morgan fingerprint density at radius 2 is 1.40 bits per heavy atom. The first-order chi connectivity index (χ1) is 21.6. The molecule has 0 aliphatic heterocycles. The number of nitrogens with one attached hydrogen (secondary N) is 2. The van der Waals surface area contributed by atoms with Crippen LogP contribution in [0.1, 0.15) is 79.7 Å². The van der Waals surface area contributed by atoms with Crippen molar-refractivity contribution in [3.63, 3.8) is 0 Å². The molecule has 0 aliphatic rings. The molecule has 3 unspecified atom stereocenters. The first-order valence-electron chi connectivity index (χ1n) is 15.3. The number of thioether (sulfide) groups is 1. The van der Waals surface area contributed by atoms with Gasteiger partial charge in [0.15, 0.2) is 0 Å². The topological polar surface area (TPSA) is 196 Å². The Morgan fingerprint density at radius 1 is 0.778 bits per heavy atom. The number of aliphatic carboxylic acids is 3. The summed E-state index contributed by atoms with van der Waals surface area (Å²) in [6.45, 7) is -0.659. The zero-order valence-electron chi connectivity index (χ0n) is 25.5. The highest BCUT2D eigenvalue weighted by atomic mass is 32.2. The molecule has 0 heterocycles. The molecule has 7 N–H and O–H groups in total. The van der Waals surface area contributed by atoms with Crippen molar-refractivity contribution in [2.24, 2.45) is 5.73 Å². The van der Waals surface area contributed by atoms with E-state index in [1.54, 1.807) is 0 Å². The molecule has 0 aliphatic carbocycles. The van der Waals surface area contributed by atoms with Crippen LogP contribution in [0, 0.1) is 0 Å². The number of aryl methyl sites for hydroxylation is 2. The number of nitrogens with two attached hydrogens (primary N) is 1. The molecule has 45 heavy (non-hydrogen) atoms. The SMILES string of the molecule is NC(CCC(=O)NC(CSC(CC(=O)O)c1ccccc1CCCCCCCCc1ccccc1)C(=O)NCC(=O)O)C(=O)O. The first-order valence-corrected chi connectivity index (χ1v) is 16.3. The van der Waals surface area contributed by atoms with Gasteiger partial charge in [-0.3, -0.25) is 24.0 Å². The van der Waals surface area contributed by atoms with Crippen molar-refractivity contribution in [2.75, 3.05) is 12.3 Å². The zero-order chi connectivity index (χ0) is 33.0. The minimum absolute atomic E-state index is 0.0303. The summed E-state index contributed by atoms with van der Waals surface area (Å²) in [6.07, 6.45) is 7.86. The molecule has 246 valence electrons. The maximum absolute atomic E-state index is 12.8. The van der Waals surface area contributed by atoms with Crippen LogP contribution in [-0.4, -0.2) is 69.4 Å². The standard InChI is InChI=1S/C33H45N3O8S/c34-26(33(43)44)18-19-29(37)36-27(32(42)35-21-31(40)41)22-45-28(20-30(38)39)25-17-11-10-16-24(25)15-9-4-2-1-3-6-12-23-13-7-5-8-14-23/h5,7-8,10-11,13-14,16-17,26-28H,1-4,6,9,12,15,18-22,34H2,(H,35,42)(H,36,37)(H,38,39)(H,40,41)(H,43,44). The molecule has 3 atom stereocenters. The average molecular weight is 644 g/mol. The highest BCUT2D eigenvalue weighted by Gasteiger charge is 2.26. The van der Waals surface area contributed by atoms with E-state index in [9.17, 15) is 29.1 Å². The number of carboxylic acid groups (broad SMARTS) is 3. The van der Waals surface area contributed by atoms with Crippen LogP contribution in [0.4, 0.5) is 0 Å². The van der Waals surface area contributed by atoms with Crippen molar-refractivity contribution in [3.05, 3.63) is 71.3 Å². The van der Waals surface area contributed by atoms with E-state index >= 15 is 0 Å². The maximum Gasteiger partial charge on any atom is 0.322 e. The van der Waals surface area contributed by atoms with Crippen LogP contribution >= 0.6 is 11.8 Å². The molecule has 2 rings (SSSR count). The number of carboxylic acids is 3. The van der Waals surface area contributed by atoms with Gasteiger partial charge in [-0.05, 0) is 48.8 Å². The van der Waals surface area contributed by atoms with Gasteiger partial charge in [0.2, 0.25) is 11.8 Å². The number of unbranched alkanes of at least 4 members (excludes halogenated alkanes) is 5. The lowest BCUT2D eigenvalue weighted by atomic mass is 9.97. The smallest absolute Gasteiger partial charge is 0.322 e. The van der Waals surface area contributed by atoms with Gasteiger partial charge in [0.1, 0.15) is 18.6 Å². The fourth-order valence-corrected chi connectivity index (χ4v) is 6.18. The minimum Gasteiger partial charge on any atom is -0.481 e. The predicted octanol–water partition coefficient (Wildman–Crippen LogP) is 3.94. The number of hydrogen-bond acceptors (Lipinski definition) is 7. The highest BCUT2D eigenvalue weighted by Crippen LogP contribution is 2.35. The number of hydrogen-bond donors (Lipinski definition) is 6. The minimum atomic E-state index is -1.27. The van der Waals surface area contributed by atoms with Gasteiger partial charge < -0.3 is 31.7 Å². The van der Waals surface area contributed by atoms with Crippen LogP contribution in [0.2, 0.25) is 0 Å². The van der Waals surface area contributed by atoms with Gasteiger partial charge in [0, 0.05) is 17.4 Å². The van der Waals surface area contributed by atoms with E-state index < -0.39 is 53.6 Å². The third kappa shape index (κ3) is 15.6. The summed E-state index contributed by atoms with van der Waals surface area (Å²) in [5.74, 6) is -4.94. The molecule has 12 heteroatoms. The van der Waals surface area contributed by atoms with Gasteiger partial charge in [0.05, 0.1) is 6.42 Å². The average Bonchev–Trinajstić information content (AvgIpc) is 3.01. The normalized spacial score (nSPS) is 12.9. The van der Waals surface area contributed by atoms with Crippen LogP contribution in [0.15, 0.2) is 54.6 Å². The lowest BCUT2D eigenvalue weighted by Crippen LogP contribution is -2.49. The van der Waals surface area contributed by atoms with Crippen molar-refractivity contribution in [3.8, 4) is 0 Å². The van der Waals surface area contributed by atoms with Crippen molar-refractivity contribution >= 4 is 41.5 Å². The van der Waals surface area contributed by atoms with E-state index in [4.69, 9.17) is 15.9 Å². The number of carbonyl (C=O) groups is 5. The molecule has 0 bridgehead atoms. The van der Waals surface area contributed by atoms with E-state index in [1.807, 2.05) is 30.3 Å². The molecule has 0 fully saturated rings. The molecule has 11 nitrogen and oxygen atoms in total. The second-order valence-corrected chi connectivity index (χ2v) is 12.2. The second kappa shape index (κ2) is 20.9. The van der Waals surface area contributed by atoms with Crippen LogP contribution in [0.5, 0.6) is 0 Å². The second-order valence-electron chi connectivity index (χ2n) is 10.9. The Kier molecular flexibility index (Phi) is 17.4. The largest absolute Gasteiger partial charge is 0.481 e. The Morgan fingerprint density at radius 3 is 2.04 bits per heavy atom. The summed E-state index contributed by atoms with van der Waals surface area (Å²) in [6, 6.07) is 15.6. The summed E-state index contributed by atoms with van der Waals surface area (Å²) in [7, 11) is 0. The maximum atomic E-state index is 12.8. The van der Waals surface area contributed by atoms with Gasteiger partial charge in [-0.15, -0.1) is 0 Å². The van der Waals surface area contributed by atoms with Crippen molar-refractivity contribution in [1.29, 1.82) is 0 Å². The van der Waals surface area contributed by atoms with E-state index in [2.05, 4.69) is 34.9 Å². The Balaban J connectivity index is 1.98. The molecule has 2 aromatic carbocycles. The van der Waals surface area contributed by atoms with Crippen LogP contribution < -0.4 is 16.4 Å². The van der Waals surface area contributed by atoms with Gasteiger partial charge >= 0.3 is 17.9 Å². The fraction of sp³-hybridized carbons (Fsp3) is 0.485. The van der Waals surface area contributed by atoms with Crippen LogP contribution in [0.25, 0.3) is 0 Å². The molecular weight excluding hydrogens is 598 g/mol. The lowest BCUT2D eigenvalue weighted by Gasteiger charge is -2.23. The number of amides is 2. The monoisotopic (exact) mass is 643 g/mol. The third-order valence-electron chi connectivity index (χ3n) is 7.30. The third-order valence-corrected chi connectivity index (χ3v) is 8.64. The molecule has 0 spiro atoms. The highest BCUT2D eigenvalue weighted by molar-refractivity contribution is 7.99. The summed E-state index contributed by atoms with van der Waals surface area (Å²) in [5.41, 5.74) is 8.70. The summed E-state index contributed by atoms with van der Waals surface area (Å²) >= 11 is 1.19. The zero-order valence-corrected chi connectivity index (χ0v) is 26.3. The predicted molar refractivity (Wildman–Crippen MR) is 173 cm³/mol. The molecule has 2 aromatic rings. The van der Waals surface area contributed by atoms with E-state index in [-0.39, 0.29) is 25.0 Å². The lowest BCUT2D eigenvalue weighted by molar-refractivity contribution is -0.139.